The molecule has 0 amide bonds. The number of hydrogen-bond donors (Lipinski definition) is 1. The van der Waals surface area contributed by atoms with Gasteiger partial charge in [-0.2, -0.15) is 11.8 Å². The molecule has 2 rings (SSSR count). The van der Waals surface area contributed by atoms with E-state index in [4.69, 9.17) is 5.11 Å². The van der Waals surface area contributed by atoms with E-state index in [0.717, 1.165) is 36.7 Å². The molecule has 0 saturated carbocycles. The molecule has 1 aliphatic heterocycles. The molecule has 0 unspecified atom stereocenters. The van der Waals surface area contributed by atoms with E-state index >= 15 is 0 Å². The van der Waals surface area contributed by atoms with E-state index < -0.39 is 5.97 Å². The molecule has 15 heavy (non-hydrogen) atoms. The van der Waals surface area contributed by atoms with Gasteiger partial charge in [-0.25, -0.2) is 4.79 Å². The molecule has 0 atom stereocenters. The van der Waals surface area contributed by atoms with E-state index in [2.05, 4.69) is 4.90 Å². The van der Waals surface area contributed by atoms with Crippen molar-refractivity contribution in [2.24, 2.45) is 0 Å². The SMILES string of the molecule is O=C(O)c1sccc1CN1CCSCC1. The minimum absolute atomic E-state index is 0.494. The Morgan fingerprint density at radius 1 is 1.47 bits per heavy atom. The molecule has 1 saturated heterocycles. The maximum atomic E-state index is 10.9. The highest BCUT2D eigenvalue weighted by Gasteiger charge is 2.16. The van der Waals surface area contributed by atoms with Gasteiger partial charge in [0.05, 0.1) is 0 Å². The maximum absolute atomic E-state index is 10.9. The predicted octanol–water partition coefficient (Wildman–Crippen LogP) is 2.00. The van der Waals surface area contributed by atoms with Gasteiger partial charge in [0, 0.05) is 31.1 Å². The van der Waals surface area contributed by atoms with Crippen molar-refractivity contribution in [3.05, 3.63) is 21.9 Å². The van der Waals surface area contributed by atoms with Crippen LogP contribution in [0.1, 0.15) is 15.2 Å². The van der Waals surface area contributed by atoms with Gasteiger partial charge in [-0.05, 0) is 17.0 Å². The lowest BCUT2D eigenvalue weighted by atomic mass is 10.2. The highest BCUT2D eigenvalue weighted by Crippen LogP contribution is 2.20. The van der Waals surface area contributed by atoms with Gasteiger partial charge in [0.2, 0.25) is 0 Å². The van der Waals surface area contributed by atoms with Gasteiger partial charge >= 0.3 is 5.97 Å². The van der Waals surface area contributed by atoms with Crippen LogP contribution >= 0.6 is 23.1 Å². The van der Waals surface area contributed by atoms with E-state index in [0.29, 0.717) is 4.88 Å². The molecule has 1 fully saturated rings. The zero-order valence-corrected chi connectivity index (χ0v) is 9.94. The van der Waals surface area contributed by atoms with Crippen LogP contribution < -0.4 is 0 Å². The predicted molar refractivity (Wildman–Crippen MR) is 63.9 cm³/mol. The Labute approximate surface area is 97.1 Å². The van der Waals surface area contributed by atoms with Crippen molar-refractivity contribution in [1.29, 1.82) is 0 Å². The van der Waals surface area contributed by atoms with Crippen molar-refractivity contribution in [2.45, 2.75) is 6.54 Å². The van der Waals surface area contributed by atoms with Crippen LogP contribution in [0, 0.1) is 0 Å². The first-order valence-electron chi connectivity index (χ1n) is 4.87. The summed E-state index contributed by atoms with van der Waals surface area (Å²) < 4.78 is 0. The van der Waals surface area contributed by atoms with E-state index in [1.165, 1.54) is 11.3 Å². The van der Waals surface area contributed by atoms with Crippen LogP contribution in [-0.2, 0) is 6.54 Å². The second kappa shape index (κ2) is 5.01. The van der Waals surface area contributed by atoms with E-state index in [1.54, 1.807) is 0 Å². The van der Waals surface area contributed by atoms with Crippen LogP contribution in [-0.4, -0.2) is 40.6 Å². The third-order valence-electron chi connectivity index (χ3n) is 2.44. The number of rotatable bonds is 3. The van der Waals surface area contributed by atoms with Crippen LogP contribution in [0.25, 0.3) is 0 Å². The Morgan fingerprint density at radius 3 is 2.87 bits per heavy atom. The number of carboxylic acid groups (broad SMARTS) is 1. The molecule has 0 spiro atoms. The molecule has 1 aromatic rings. The number of aromatic carboxylic acids is 1. The summed E-state index contributed by atoms with van der Waals surface area (Å²) in [4.78, 5) is 13.7. The summed E-state index contributed by atoms with van der Waals surface area (Å²) in [6.07, 6.45) is 0. The fourth-order valence-electron chi connectivity index (χ4n) is 1.65. The third kappa shape index (κ3) is 2.74. The summed E-state index contributed by atoms with van der Waals surface area (Å²) in [6, 6.07) is 1.93. The van der Waals surface area contributed by atoms with E-state index in [9.17, 15) is 4.79 Å². The fraction of sp³-hybridized carbons (Fsp3) is 0.500. The maximum Gasteiger partial charge on any atom is 0.346 e. The molecule has 3 nitrogen and oxygen atoms in total. The summed E-state index contributed by atoms with van der Waals surface area (Å²) in [6.45, 7) is 2.92. The van der Waals surface area contributed by atoms with Crippen LogP contribution in [0.4, 0.5) is 0 Å². The lowest BCUT2D eigenvalue weighted by Crippen LogP contribution is -2.32. The van der Waals surface area contributed by atoms with Crippen molar-refractivity contribution >= 4 is 29.1 Å². The number of nitrogens with zero attached hydrogens (tertiary/aromatic N) is 1. The van der Waals surface area contributed by atoms with Gasteiger partial charge in [0.25, 0.3) is 0 Å². The normalized spacial score (nSPS) is 17.9. The zero-order valence-electron chi connectivity index (χ0n) is 8.31. The molecule has 0 radical (unpaired) electrons. The molecule has 0 aliphatic carbocycles. The van der Waals surface area contributed by atoms with Crippen molar-refractivity contribution in [2.75, 3.05) is 24.6 Å². The summed E-state index contributed by atoms with van der Waals surface area (Å²) in [5.41, 5.74) is 0.958. The van der Waals surface area contributed by atoms with Crippen molar-refractivity contribution < 1.29 is 9.90 Å². The zero-order chi connectivity index (χ0) is 10.7. The quantitative estimate of drug-likeness (QED) is 0.881. The van der Waals surface area contributed by atoms with Gasteiger partial charge < -0.3 is 5.11 Å². The second-order valence-corrected chi connectivity index (χ2v) is 5.61. The van der Waals surface area contributed by atoms with E-state index in [-0.39, 0.29) is 0 Å². The largest absolute Gasteiger partial charge is 0.477 e. The monoisotopic (exact) mass is 243 g/mol. The van der Waals surface area contributed by atoms with Gasteiger partial charge in [0.1, 0.15) is 4.88 Å². The van der Waals surface area contributed by atoms with Crippen molar-refractivity contribution in [3.8, 4) is 0 Å². The minimum atomic E-state index is -0.800. The molecule has 1 aliphatic rings. The summed E-state index contributed by atoms with van der Waals surface area (Å²) in [7, 11) is 0. The number of carboxylic acids is 1. The first-order valence-corrected chi connectivity index (χ1v) is 6.90. The van der Waals surface area contributed by atoms with Gasteiger partial charge in [-0.3, -0.25) is 4.90 Å². The molecule has 1 aromatic heterocycles. The molecule has 0 bridgehead atoms. The Bertz CT molecular complexity index is 345. The Morgan fingerprint density at radius 2 is 2.20 bits per heavy atom. The van der Waals surface area contributed by atoms with E-state index in [1.807, 2.05) is 23.2 Å². The second-order valence-electron chi connectivity index (χ2n) is 3.47. The van der Waals surface area contributed by atoms with Crippen molar-refractivity contribution in [3.63, 3.8) is 0 Å². The first kappa shape index (κ1) is 11.0. The number of thioether (sulfide) groups is 1. The van der Waals surface area contributed by atoms with Crippen LogP contribution in [0.15, 0.2) is 11.4 Å². The lowest BCUT2D eigenvalue weighted by Gasteiger charge is -2.25. The average molecular weight is 243 g/mol. The molecule has 0 aromatic carbocycles. The lowest BCUT2D eigenvalue weighted by molar-refractivity contribution is 0.0700. The minimum Gasteiger partial charge on any atom is -0.477 e. The van der Waals surface area contributed by atoms with Gasteiger partial charge in [-0.15, -0.1) is 11.3 Å². The molecule has 2 heterocycles. The molecular formula is C10H13NO2S2. The van der Waals surface area contributed by atoms with Crippen LogP contribution in [0.3, 0.4) is 0 Å². The Kier molecular flexibility index (Phi) is 3.66. The first-order chi connectivity index (χ1) is 7.27. The number of hydrogen-bond acceptors (Lipinski definition) is 4. The molecule has 5 heteroatoms. The van der Waals surface area contributed by atoms with Crippen LogP contribution in [0.5, 0.6) is 0 Å². The summed E-state index contributed by atoms with van der Waals surface area (Å²) in [5.74, 6) is 1.52. The van der Waals surface area contributed by atoms with Crippen molar-refractivity contribution in [1.82, 2.24) is 4.90 Å². The Hall–Kier alpha value is -0.520. The highest BCUT2D eigenvalue weighted by molar-refractivity contribution is 7.99. The smallest absolute Gasteiger partial charge is 0.346 e. The third-order valence-corrected chi connectivity index (χ3v) is 4.33. The van der Waals surface area contributed by atoms with Gasteiger partial charge in [-0.1, -0.05) is 0 Å². The van der Waals surface area contributed by atoms with Crippen LogP contribution in [0.2, 0.25) is 0 Å². The average Bonchev–Trinajstić information content (AvgIpc) is 2.67. The fourth-order valence-corrected chi connectivity index (χ4v) is 3.38. The summed E-state index contributed by atoms with van der Waals surface area (Å²) >= 11 is 3.28. The standard InChI is InChI=1S/C10H13NO2S2/c12-10(13)9-8(1-4-15-9)7-11-2-5-14-6-3-11/h1,4H,2-3,5-7H2,(H,12,13). The molecule has 1 N–H and O–H groups in total. The molecule has 82 valence electrons. The molecular weight excluding hydrogens is 230 g/mol. The number of carbonyl (C=O) groups is 1. The summed E-state index contributed by atoms with van der Waals surface area (Å²) in [5, 5.41) is 10.8. The topological polar surface area (TPSA) is 40.5 Å². The highest BCUT2D eigenvalue weighted by atomic mass is 32.2. The van der Waals surface area contributed by atoms with Gasteiger partial charge in [0.15, 0.2) is 0 Å². The Balaban J connectivity index is 2.03. The number of thiophene rings is 1.